The number of nitrogens with zero attached hydrogens (tertiary/aromatic N) is 2. The third kappa shape index (κ3) is 4.26. The maximum absolute atomic E-state index is 13.6. The Balaban J connectivity index is 1.96. The van der Waals surface area contributed by atoms with Crippen LogP contribution in [0.1, 0.15) is 31.0 Å². The van der Waals surface area contributed by atoms with Gasteiger partial charge in [-0.1, -0.05) is 23.5 Å². The molecule has 2 aromatic carbocycles. The number of thiazole rings is 1. The Morgan fingerprint density at radius 3 is 2.56 bits per heavy atom. The van der Waals surface area contributed by atoms with Gasteiger partial charge in [-0.25, -0.2) is 14.2 Å². The van der Waals surface area contributed by atoms with Gasteiger partial charge in [0, 0.05) is 5.56 Å². The maximum atomic E-state index is 13.6. The number of benzene rings is 2. The number of hydrogen-bond donors (Lipinski definition) is 0. The van der Waals surface area contributed by atoms with Gasteiger partial charge in [0.1, 0.15) is 17.3 Å². The monoisotopic (exact) mass is 482 g/mol. The lowest BCUT2D eigenvalue weighted by atomic mass is 9.96. The van der Waals surface area contributed by atoms with Gasteiger partial charge in [-0.05, 0) is 55.8 Å². The van der Waals surface area contributed by atoms with Crippen LogP contribution in [0.4, 0.5) is 4.39 Å². The number of fused-ring (bicyclic) bond motifs is 1. The fourth-order valence-corrected chi connectivity index (χ4v) is 4.88. The van der Waals surface area contributed by atoms with Crippen molar-refractivity contribution in [3.8, 4) is 11.5 Å². The molecule has 0 fully saturated rings. The lowest BCUT2D eigenvalue weighted by Crippen LogP contribution is -2.39. The highest BCUT2D eigenvalue weighted by Gasteiger charge is 2.33. The maximum Gasteiger partial charge on any atom is 0.338 e. The van der Waals surface area contributed by atoms with Crippen LogP contribution in [0, 0.1) is 5.82 Å². The van der Waals surface area contributed by atoms with E-state index in [1.165, 1.54) is 28.0 Å². The first kappa shape index (κ1) is 23.4. The molecule has 34 heavy (non-hydrogen) atoms. The number of hydrogen-bond acceptors (Lipinski definition) is 7. The molecule has 4 rings (SSSR count). The number of allylic oxidation sites excluding steroid dienone is 1. The Bertz CT molecular complexity index is 1450. The van der Waals surface area contributed by atoms with Crippen LogP contribution >= 0.6 is 11.3 Å². The van der Waals surface area contributed by atoms with Crippen LogP contribution in [-0.4, -0.2) is 31.4 Å². The zero-order chi connectivity index (χ0) is 24.4. The summed E-state index contributed by atoms with van der Waals surface area (Å²) < 4.78 is 31.5. The minimum Gasteiger partial charge on any atom is -0.497 e. The van der Waals surface area contributed by atoms with Crippen LogP contribution in [0.2, 0.25) is 0 Å². The van der Waals surface area contributed by atoms with E-state index in [1.807, 2.05) is 0 Å². The lowest BCUT2D eigenvalue weighted by Gasteiger charge is -2.24. The number of carbonyl (C=O) groups excluding carboxylic acids is 1. The molecule has 0 bridgehead atoms. The van der Waals surface area contributed by atoms with E-state index in [9.17, 15) is 14.0 Å². The van der Waals surface area contributed by atoms with E-state index < -0.39 is 17.8 Å². The molecule has 2 heterocycles. The van der Waals surface area contributed by atoms with Gasteiger partial charge in [0.15, 0.2) is 4.80 Å². The van der Waals surface area contributed by atoms with Crippen molar-refractivity contribution >= 4 is 23.4 Å². The smallest absolute Gasteiger partial charge is 0.338 e. The molecule has 0 unspecified atom stereocenters. The standard InChI is InChI=1S/C25H23FN2O5S/c1-5-33-24(30)21-14(2)27-25-28(22(21)15-6-8-17(26)9-7-15)23(29)20(34-25)13-16-12-18(31-3)10-11-19(16)32-4/h6-13,22H,5H2,1-4H3/b20-13-/t22-/m1/s1. The first-order chi connectivity index (χ1) is 16.4. The Hall–Kier alpha value is -3.72. The summed E-state index contributed by atoms with van der Waals surface area (Å²) in [6.45, 7) is 3.58. The number of carbonyl (C=O) groups is 1. The number of halogens is 1. The van der Waals surface area contributed by atoms with Crippen LogP contribution in [0.15, 0.2) is 63.5 Å². The molecule has 176 valence electrons. The van der Waals surface area contributed by atoms with E-state index in [4.69, 9.17) is 14.2 Å². The summed E-state index contributed by atoms with van der Waals surface area (Å²) in [7, 11) is 3.10. The summed E-state index contributed by atoms with van der Waals surface area (Å²) in [5.74, 6) is 0.205. The molecule has 1 aromatic heterocycles. The summed E-state index contributed by atoms with van der Waals surface area (Å²) in [5.41, 5.74) is 1.58. The number of ether oxygens (including phenoxy) is 3. The highest BCUT2D eigenvalue weighted by atomic mass is 32.1. The lowest BCUT2D eigenvalue weighted by molar-refractivity contribution is -0.139. The zero-order valence-electron chi connectivity index (χ0n) is 19.1. The van der Waals surface area contributed by atoms with Gasteiger partial charge in [0.05, 0.1) is 42.7 Å². The first-order valence-corrected chi connectivity index (χ1v) is 11.4. The third-order valence-corrected chi connectivity index (χ3v) is 6.41. The fraction of sp³-hybridized carbons (Fsp3) is 0.240. The summed E-state index contributed by atoms with van der Waals surface area (Å²) >= 11 is 1.19. The third-order valence-electron chi connectivity index (χ3n) is 5.43. The Kier molecular flexibility index (Phi) is 6.65. The largest absolute Gasteiger partial charge is 0.497 e. The van der Waals surface area contributed by atoms with E-state index in [1.54, 1.807) is 64.5 Å². The molecule has 0 saturated heterocycles. The Labute approximate surface area is 199 Å². The molecule has 9 heteroatoms. The highest BCUT2D eigenvalue weighted by molar-refractivity contribution is 7.07. The zero-order valence-corrected chi connectivity index (χ0v) is 19.9. The van der Waals surface area contributed by atoms with Gasteiger partial charge in [-0.3, -0.25) is 9.36 Å². The van der Waals surface area contributed by atoms with Crippen LogP contribution in [-0.2, 0) is 9.53 Å². The predicted octanol–water partition coefficient (Wildman–Crippen LogP) is 2.95. The van der Waals surface area contributed by atoms with Gasteiger partial charge in [-0.15, -0.1) is 0 Å². The van der Waals surface area contributed by atoms with E-state index in [0.717, 1.165) is 0 Å². The molecule has 7 nitrogen and oxygen atoms in total. The minimum absolute atomic E-state index is 0.172. The van der Waals surface area contributed by atoms with Crippen molar-refractivity contribution in [2.45, 2.75) is 19.9 Å². The van der Waals surface area contributed by atoms with E-state index in [0.29, 0.717) is 37.7 Å². The van der Waals surface area contributed by atoms with E-state index in [-0.39, 0.29) is 17.7 Å². The highest BCUT2D eigenvalue weighted by Crippen LogP contribution is 2.31. The molecule has 0 spiro atoms. The molecule has 0 saturated carbocycles. The van der Waals surface area contributed by atoms with Crippen molar-refractivity contribution in [1.82, 2.24) is 4.57 Å². The fourth-order valence-electron chi connectivity index (χ4n) is 3.85. The van der Waals surface area contributed by atoms with Crippen molar-refractivity contribution in [2.24, 2.45) is 4.99 Å². The molecule has 0 aliphatic carbocycles. The second kappa shape index (κ2) is 9.64. The molecule has 1 aliphatic rings. The molecule has 1 atom stereocenters. The minimum atomic E-state index is -0.801. The Morgan fingerprint density at radius 1 is 1.18 bits per heavy atom. The van der Waals surface area contributed by atoms with Gasteiger partial charge < -0.3 is 14.2 Å². The van der Waals surface area contributed by atoms with Crippen LogP contribution < -0.4 is 24.4 Å². The molecule has 0 N–H and O–H groups in total. The molecular formula is C25H23FN2O5S. The van der Waals surface area contributed by atoms with Gasteiger partial charge in [0.25, 0.3) is 5.56 Å². The van der Waals surface area contributed by atoms with Gasteiger partial charge in [0.2, 0.25) is 0 Å². The molecule has 0 radical (unpaired) electrons. The number of esters is 1. The van der Waals surface area contributed by atoms with Crippen molar-refractivity contribution in [1.29, 1.82) is 0 Å². The summed E-state index contributed by atoms with van der Waals surface area (Å²) in [6, 6.07) is 10.2. The summed E-state index contributed by atoms with van der Waals surface area (Å²) in [6.07, 6.45) is 1.70. The van der Waals surface area contributed by atoms with E-state index >= 15 is 0 Å². The Morgan fingerprint density at radius 2 is 1.91 bits per heavy atom. The SMILES string of the molecule is CCOC(=O)C1=C(C)N=c2s/c(=C\c3cc(OC)ccc3OC)c(=O)n2[C@@H]1c1ccc(F)cc1. The van der Waals surface area contributed by atoms with Crippen LogP contribution in [0.5, 0.6) is 11.5 Å². The van der Waals surface area contributed by atoms with Gasteiger partial charge in [-0.2, -0.15) is 0 Å². The van der Waals surface area contributed by atoms with Crippen LogP contribution in [0.25, 0.3) is 6.08 Å². The van der Waals surface area contributed by atoms with E-state index in [2.05, 4.69) is 4.99 Å². The molecular weight excluding hydrogens is 459 g/mol. The number of aromatic nitrogens is 1. The van der Waals surface area contributed by atoms with Crippen molar-refractivity contribution < 1.29 is 23.4 Å². The van der Waals surface area contributed by atoms with Crippen LogP contribution in [0.3, 0.4) is 0 Å². The normalized spacial score (nSPS) is 15.6. The van der Waals surface area contributed by atoms with Crippen molar-refractivity contribution in [3.63, 3.8) is 0 Å². The second-order valence-corrected chi connectivity index (χ2v) is 8.47. The van der Waals surface area contributed by atoms with Gasteiger partial charge >= 0.3 is 5.97 Å². The molecule has 3 aromatic rings. The first-order valence-electron chi connectivity index (χ1n) is 10.5. The quantitative estimate of drug-likeness (QED) is 0.505. The number of methoxy groups -OCH3 is 2. The molecule has 0 amide bonds. The van der Waals surface area contributed by atoms with Crippen molar-refractivity contribution in [3.05, 3.63) is 90.4 Å². The average molecular weight is 483 g/mol. The predicted molar refractivity (Wildman–Crippen MR) is 126 cm³/mol. The topological polar surface area (TPSA) is 79.1 Å². The molecule has 1 aliphatic heterocycles. The second-order valence-electron chi connectivity index (χ2n) is 7.46. The summed E-state index contributed by atoms with van der Waals surface area (Å²) in [5, 5.41) is 0. The van der Waals surface area contributed by atoms with Crippen molar-refractivity contribution in [2.75, 3.05) is 20.8 Å². The average Bonchev–Trinajstić information content (AvgIpc) is 3.13. The number of rotatable bonds is 6. The summed E-state index contributed by atoms with van der Waals surface area (Å²) in [4.78, 5) is 31.4.